The number of nitrogens with zero attached hydrogens (tertiary/aromatic N) is 1. The molecule has 1 aliphatic heterocycles. The van der Waals surface area contributed by atoms with Gasteiger partial charge in [-0.05, 0) is 25.5 Å². The minimum absolute atomic E-state index is 0.0866. The van der Waals surface area contributed by atoms with Crippen LogP contribution in [0.25, 0.3) is 0 Å². The first-order valence-electron chi connectivity index (χ1n) is 10.3. The van der Waals surface area contributed by atoms with Crippen LogP contribution in [0.4, 0.5) is 0 Å². The summed E-state index contributed by atoms with van der Waals surface area (Å²) in [5.74, 6) is 2.00. The largest absolute Gasteiger partial charge is 0.465 e. The van der Waals surface area contributed by atoms with Gasteiger partial charge in [-0.15, -0.1) is 6.42 Å². The molecule has 0 aliphatic carbocycles. The first-order chi connectivity index (χ1) is 16.0. The van der Waals surface area contributed by atoms with Gasteiger partial charge in [-0.2, -0.15) is 0 Å². The zero-order valence-electron chi connectivity index (χ0n) is 18.5. The van der Waals surface area contributed by atoms with Crippen molar-refractivity contribution in [3.8, 4) is 18.1 Å². The Morgan fingerprint density at radius 1 is 1.36 bits per heavy atom. The monoisotopic (exact) mass is 477 g/mol. The third-order valence-electron chi connectivity index (χ3n) is 4.43. The molecule has 1 fully saturated rings. The lowest BCUT2D eigenvalue weighted by atomic mass is 10.0. The van der Waals surface area contributed by atoms with Gasteiger partial charge < -0.3 is 23.8 Å². The van der Waals surface area contributed by atoms with Gasteiger partial charge in [0.2, 0.25) is 12.3 Å². The van der Waals surface area contributed by atoms with Gasteiger partial charge in [0.25, 0.3) is 0 Å². The summed E-state index contributed by atoms with van der Waals surface area (Å²) in [7, 11) is -0.219. The molecule has 11 heteroatoms. The summed E-state index contributed by atoms with van der Waals surface area (Å²) in [6, 6.07) is 9.02. The Morgan fingerprint density at radius 2 is 2.12 bits per heavy atom. The van der Waals surface area contributed by atoms with Crippen molar-refractivity contribution in [1.29, 1.82) is 0 Å². The van der Waals surface area contributed by atoms with E-state index in [-0.39, 0.29) is 25.7 Å². The number of carbonyl (C=O) groups is 3. The first-order valence-corrected chi connectivity index (χ1v) is 11.5. The van der Waals surface area contributed by atoms with Crippen LogP contribution in [0.15, 0.2) is 42.6 Å². The molecular formula is C22H28N3O7P. The van der Waals surface area contributed by atoms with Gasteiger partial charge in [-0.3, -0.25) is 19.3 Å². The number of terminal acetylenes is 1. The minimum Gasteiger partial charge on any atom is -0.465 e. The van der Waals surface area contributed by atoms with Crippen molar-refractivity contribution in [3.05, 3.63) is 42.6 Å². The third-order valence-corrected chi connectivity index (χ3v) is 5.61. The molecule has 0 radical (unpaired) electrons. The summed E-state index contributed by atoms with van der Waals surface area (Å²) in [6.45, 7) is 2.01. The normalized spacial score (nSPS) is 20.6. The quantitative estimate of drug-likeness (QED) is 0.145. The highest BCUT2D eigenvalue weighted by molar-refractivity contribution is 7.45. The number of amides is 2. The second-order valence-corrected chi connectivity index (χ2v) is 8.01. The van der Waals surface area contributed by atoms with Gasteiger partial charge in [0.1, 0.15) is 18.5 Å². The van der Waals surface area contributed by atoms with Crippen LogP contribution in [0.2, 0.25) is 0 Å². The molecule has 4 unspecified atom stereocenters. The predicted octanol–water partition coefficient (Wildman–Crippen LogP) is 1.54. The molecule has 2 N–H and O–H groups in total. The average molecular weight is 477 g/mol. The summed E-state index contributed by atoms with van der Waals surface area (Å²) in [4.78, 5) is 35.9. The van der Waals surface area contributed by atoms with Crippen LogP contribution in [-0.2, 0) is 28.4 Å². The Kier molecular flexibility index (Phi) is 11.3. The van der Waals surface area contributed by atoms with Crippen molar-refractivity contribution >= 4 is 26.8 Å². The van der Waals surface area contributed by atoms with Gasteiger partial charge in [0.15, 0.2) is 0 Å². The number of ether oxygens (including phenoxy) is 2. The third kappa shape index (κ3) is 8.83. The van der Waals surface area contributed by atoms with Crippen molar-refractivity contribution in [2.24, 2.45) is 5.92 Å². The number of hydrogen-bond acceptors (Lipinski definition) is 8. The molecule has 1 saturated heterocycles. The number of nitrogens with one attached hydrogen (secondary N) is 2. The lowest BCUT2D eigenvalue weighted by molar-refractivity contribution is -0.141. The van der Waals surface area contributed by atoms with E-state index >= 15 is 0 Å². The molecule has 0 aromatic heterocycles. The highest BCUT2D eigenvalue weighted by Gasteiger charge is 2.38. The van der Waals surface area contributed by atoms with Gasteiger partial charge in [0.05, 0.1) is 25.2 Å². The van der Waals surface area contributed by atoms with Crippen molar-refractivity contribution in [3.63, 3.8) is 0 Å². The molecule has 10 nitrogen and oxygen atoms in total. The maximum absolute atomic E-state index is 11.7. The molecule has 0 saturated carbocycles. The smallest absolute Gasteiger partial charge is 0.320 e. The molecule has 0 spiro atoms. The maximum atomic E-state index is 11.7. The Balaban J connectivity index is 1.99. The SMILES string of the molecule is C#CC1CC(COP(NCC(=O)OCC)Oc2ccccc2)OC1N(C=O)/C=C\C(=O)NC. The minimum atomic E-state index is -1.70. The van der Waals surface area contributed by atoms with Crippen molar-refractivity contribution in [2.75, 3.05) is 26.8 Å². The second-order valence-electron chi connectivity index (χ2n) is 6.74. The van der Waals surface area contributed by atoms with E-state index in [0.717, 1.165) is 0 Å². The van der Waals surface area contributed by atoms with E-state index in [1.807, 2.05) is 18.2 Å². The van der Waals surface area contributed by atoms with E-state index < -0.39 is 32.7 Å². The van der Waals surface area contributed by atoms with E-state index in [2.05, 4.69) is 16.3 Å². The van der Waals surface area contributed by atoms with E-state index in [9.17, 15) is 14.4 Å². The summed E-state index contributed by atoms with van der Waals surface area (Å²) in [5.41, 5.74) is 0. The molecule has 1 heterocycles. The number of benzene rings is 1. The van der Waals surface area contributed by atoms with Crippen molar-refractivity contribution < 1.29 is 32.9 Å². The summed E-state index contributed by atoms with van der Waals surface area (Å²) in [5, 5.41) is 5.34. The summed E-state index contributed by atoms with van der Waals surface area (Å²) >= 11 is 0. The Bertz CT molecular complexity index is 846. The number of rotatable bonds is 13. The van der Waals surface area contributed by atoms with Crippen LogP contribution in [0.5, 0.6) is 5.75 Å². The van der Waals surface area contributed by atoms with Crippen LogP contribution in [0.1, 0.15) is 13.3 Å². The topological polar surface area (TPSA) is 115 Å². The number of likely N-dealkylation sites (N-methyl/N-ethyl adjacent to an activating group) is 1. The molecule has 1 aliphatic rings. The molecule has 1 aromatic rings. The molecule has 2 amide bonds. The number of hydrogen-bond donors (Lipinski definition) is 2. The molecule has 0 bridgehead atoms. The van der Waals surface area contributed by atoms with Crippen molar-refractivity contribution in [2.45, 2.75) is 25.7 Å². The lowest BCUT2D eigenvalue weighted by Crippen LogP contribution is -2.35. The lowest BCUT2D eigenvalue weighted by Gasteiger charge is -2.24. The Labute approximate surface area is 194 Å². The van der Waals surface area contributed by atoms with Crippen molar-refractivity contribution in [1.82, 2.24) is 15.3 Å². The van der Waals surface area contributed by atoms with E-state index in [0.29, 0.717) is 18.6 Å². The summed E-state index contributed by atoms with van der Waals surface area (Å²) < 4.78 is 22.6. The number of para-hydroxylation sites is 1. The number of carbonyl (C=O) groups excluding carboxylic acids is 3. The van der Waals surface area contributed by atoms with E-state index in [1.165, 1.54) is 24.2 Å². The molecule has 1 aromatic carbocycles. The highest BCUT2D eigenvalue weighted by Crippen LogP contribution is 2.37. The van der Waals surface area contributed by atoms with Crippen LogP contribution in [-0.4, -0.2) is 62.3 Å². The fraction of sp³-hybridized carbons (Fsp3) is 0.409. The molecule has 2 rings (SSSR count). The highest BCUT2D eigenvalue weighted by atomic mass is 31.2. The van der Waals surface area contributed by atoms with Crippen LogP contribution >= 0.6 is 8.53 Å². The van der Waals surface area contributed by atoms with Gasteiger partial charge in [-0.1, -0.05) is 24.1 Å². The molecule has 178 valence electrons. The van der Waals surface area contributed by atoms with Crippen LogP contribution in [0.3, 0.4) is 0 Å². The van der Waals surface area contributed by atoms with E-state index in [1.54, 1.807) is 19.1 Å². The van der Waals surface area contributed by atoms with Crippen LogP contribution in [0, 0.1) is 18.3 Å². The standard InChI is InChI=1S/C22H28N3O7P/c1-4-17-13-19(31-22(17)25(16-26)12-11-20(27)23-3)15-30-33(24-14-21(28)29-5-2)32-18-9-7-6-8-10-18/h1,6-12,16-17,19,22,24H,5,13-15H2,2-3H3,(H,23,27)/b12-11-. The Morgan fingerprint density at radius 3 is 2.76 bits per heavy atom. The molecule has 33 heavy (non-hydrogen) atoms. The predicted molar refractivity (Wildman–Crippen MR) is 121 cm³/mol. The van der Waals surface area contributed by atoms with E-state index in [4.69, 9.17) is 24.9 Å². The maximum Gasteiger partial charge on any atom is 0.320 e. The molecular weight excluding hydrogens is 449 g/mol. The van der Waals surface area contributed by atoms with Gasteiger partial charge in [0, 0.05) is 19.3 Å². The van der Waals surface area contributed by atoms with Gasteiger partial charge in [-0.25, -0.2) is 5.09 Å². The average Bonchev–Trinajstić information content (AvgIpc) is 3.25. The first kappa shape index (κ1) is 26.3. The van der Waals surface area contributed by atoms with Gasteiger partial charge >= 0.3 is 14.5 Å². The zero-order valence-corrected chi connectivity index (χ0v) is 19.4. The fourth-order valence-electron chi connectivity index (χ4n) is 2.87. The van der Waals surface area contributed by atoms with Crippen LogP contribution < -0.4 is 14.9 Å². The number of esters is 1. The fourth-order valence-corrected chi connectivity index (χ4v) is 3.95. The second kappa shape index (κ2) is 14.2. The Hall–Kier alpha value is -2.96. The molecule has 4 atom stereocenters. The zero-order chi connectivity index (χ0) is 24.1. The summed E-state index contributed by atoms with van der Waals surface area (Å²) in [6.07, 6.45) is 7.96.